The minimum Gasteiger partial charge on any atom is -0.300 e. The molecule has 4 heteroatoms. The Morgan fingerprint density at radius 3 is 1.63 bits per heavy atom. The average Bonchev–Trinajstić information content (AvgIpc) is 3.37. The molecule has 186 valence electrons. The maximum Gasteiger partial charge on any atom is 0.214 e. The topological polar surface area (TPSA) is 58.7 Å². The standard InChI is InChI=1S/C34H29N3O/c1-2-3-24-31-36-32(33(38)26-16-8-4-9-17-26)30(25-35)37(31)34(27-18-10-5-11-19-27,28-20-12-6-13-21-28)29-22-14-7-15-23-29/h4-23H,2-3,24H2,1H3. The zero-order valence-corrected chi connectivity index (χ0v) is 21.4. The van der Waals surface area contributed by atoms with Crippen molar-refractivity contribution in [2.45, 2.75) is 31.7 Å². The number of nitrogens with zero attached hydrogens (tertiary/aromatic N) is 3. The minimum atomic E-state index is -0.917. The number of imidazole rings is 1. The van der Waals surface area contributed by atoms with E-state index in [1.165, 1.54) is 0 Å². The van der Waals surface area contributed by atoms with E-state index in [-0.39, 0.29) is 17.2 Å². The fraction of sp³-hybridized carbons (Fsp3) is 0.147. The van der Waals surface area contributed by atoms with Gasteiger partial charge in [0.2, 0.25) is 5.78 Å². The van der Waals surface area contributed by atoms with E-state index in [1.54, 1.807) is 12.1 Å². The number of carbonyl (C=O) groups excluding carboxylic acids is 1. The number of benzene rings is 4. The molecular weight excluding hydrogens is 466 g/mol. The van der Waals surface area contributed by atoms with Gasteiger partial charge in [-0.25, -0.2) is 4.98 Å². The Morgan fingerprint density at radius 1 is 0.763 bits per heavy atom. The molecule has 0 radical (unpaired) electrons. The summed E-state index contributed by atoms with van der Waals surface area (Å²) in [6, 6.07) is 42.1. The van der Waals surface area contributed by atoms with Crippen LogP contribution < -0.4 is 0 Å². The van der Waals surface area contributed by atoms with Crippen molar-refractivity contribution in [3.8, 4) is 6.07 Å². The molecule has 0 aliphatic rings. The highest BCUT2D eigenvalue weighted by atomic mass is 16.1. The van der Waals surface area contributed by atoms with Crippen molar-refractivity contribution in [1.82, 2.24) is 9.55 Å². The predicted molar refractivity (Wildman–Crippen MR) is 150 cm³/mol. The van der Waals surface area contributed by atoms with Crippen molar-refractivity contribution in [1.29, 1.82) is 5.26 Å². The van der Waals surface area contributed by atoms with Gasteiger partial charge in [0, 0.05) is 12.0 Å². The number of aromatic nitrogens is 2. The largest absolute Gasteiger partial charge is 0.300 e. The van der Waals surface area contributed by atoms with Crippen LogP contribution in [-0.2, 0) is 12.0 Å². The van der Waals surface area contributed by atoms with E-state index in [0.717, 1.165) is 35.4 Å². The molecular formula is C34H29N3O. The number of hydrogen-bond acceptors (Lipinski definition) is 3. The lowest BCUT2D eigenvalue weighted by molar-refractivity contribution is 0.103. The van der Waals surface area contributed by atoms with Gasteiger partial charge in [-0.05, 0) is 23.1 Å². The van der Waals surface area contributed by atoms with Gasteiger partial charge in [0.15, 0.2) is 5.69 Å². The van der Waals surface area contributed by atoms with Crippen molar-refractivity contribution in [3.05, 3.63) is 161 Å². The summed E-state index contributed by atoms with van der Waals surface area (Å²) >= 11 is 0. The Kier molecular flexibility index (Phi) is 7.28. The predicted octanol–water partition coefficient (Wildman–Crippen LogP) is 7.17. The van der Waals surface area contributed by atoms with Crippen LogP contribution in [0.4, 0.5) is 0 Å². The highest BCUT2D eigenvalue weighted by Gasteiger charge is 2.43. The number of hydrogen-bond donors (Lipinski definition) is 0. The molecule has 0 saturated carbocycles. The molecule has 0 fully saturated rings. The molecule has 5 rings (SSSR count). The summed E-state index contributed by atoms with van der Waals surface area (Å²) in [7, 11) is 0. The third kappa shape index (κ3) is 4.33. The Hall–Kier alpha value is -4.75. The van der Waals surface area contributed by atoms with Crippen molar-refractivity contribution in [3.63, 3.8) is 0 Å². The first-order chi connectivity index (χ1) is 18.7. The third-order valence-corrected chi connectivity index (χ3v) is 6.97. The molecule has 38 heavy (non-hydrogen) atoms. The molecule has 5 aromatic rings. The third-order valence-electron chi connectivity index (χ3n) is 6.97. The lowest BCUT2D eigenvalue weighted by atomic mass is 9.76. The zero-order chi connectivity index (χ0) is 26.4. The number of nitriles is 1. The molecule has 0 N–H and O–H groups in total. The Morgan fingerprint density at radius 2 is 1.21 bits per heavy atom. The number of rotatable bonds is 9. The lowest BCUT2D eigenvalue weighted by Gasteiger charge is -2.39. The van der Waals surface area contributed by atoms with Gasteiger partial charge >= 0.3 is 0 Å². The number of ketones is 1. The second kappa shape index (κ2) is 11.1. The maximum absolute atomic E-state index is 13.8. The molecule has 0 spiro atoms. The van der Waals surface area contributed by atoms with Crippen LogP contribution in [0.3, 0.4) is 0 Å². The van der Waals surface area contributed by atoms with Gasteiger partial charge in [0.1, 0.15) is 23.1 Å². The van der Waals surface area contributed by atoms with Crippen LogP contribution in [0, 0.1) is 11.3 Å². The molecule has 0 bridgehead atoms. The lowest BCUT2D eigenvalue weighted by Crippen LogP contribution is -2.40. The van der Waals surface area contributed by atoms with Crippen LogP contribution in [0.5, 0.6) is 0 Å². The summed E-state index contributed by atoms with van der Waals surface area (Å²) in [5.41, 5.74) is 3.02. The number of carbonyl (C=O) groups is 1. The maximum atomic E-state index is 13.8. The molecule has 0 aliphatic heterocycles. The summed E-state index contributed by atoms with van der Waals surface area (Å²) in [5, 5.41) is 10.7. The van der Waals surface area contributed by atoms with Crippen LogP contribution in [0.15, 0.2) is 121 Å². The normalized spacial score (nSPS) is 11.2. The number of unbranched alkanes of at least 4 members (excludes halogenated alkanes) is 1. The van der Waals surface area contributed by atoms with E-state index < -0.39 is 5.54 Å². The molecule has 1 heterocycles. The summed E-state index contributed by atoms with van der Waals surface area (Å²) < 4.78 is 2.03. The van der Waals surface area contributed by atoms with Gasteiger partial charge in [-0.3, -0.25) is 4.79 Å². The Balaban J connectivity index is 1.93. The summed E-state index contributed by atoms with van der Waals surface area (Å²) in [4.78, 5) is 18.7. The van der Waals surface area contributed by atoms with Gasteiger partial charge in [-0.15, -0.1) is 0 Å². The number of aryl methyl sites for hydroxylation is 1. The minimum absolute atomic E-state index is 0.192. The van der Waals surface area contributed by atoms with Crippen molar-refractivity contribution in [2.75, 3.05) is 0 Å². The second-order valence-corrected chi connectivity index (χ2v) is 9.28. The Bertz CT molecular complexity index is 1450. The SMILES string of the molecule is CCCCc1nc(C(=O)c2ccccc2)c(C#N)n1C(c1ccccc1)(c1ccccc1)c1ccccc1. The molecule has 4 nitrogen and oxygen atoms in total. The van der Waals surface area contributed by atoms with Gasteiger partial charge in [0.25, 0.3) is 0 Å². The van der Waals surface area contributed by atoms with E-state index in [2.05, 4.69) is 49.4 Å². The molecule has 0 aliphatic carbocycles. The van der Waals surface area contributed by atoms with Crippen LogP contribution in [0.25, 0.3) is 0 Å². The van der Waals surface area contributed by atoms with Crippen molar-refractivity contribution >= 4 is 5.78 Å². The van der Waals surface area contributed by atoms with Gasteiger partial charge in [0.05, 0.1) is 0 Å². The fourth-order valence-electron chi connectivity index (χ4n) is 5.24. The van der Waals surface area contributed by atoms with E-state index in [9.17, 15) is 10.1 Å². The molecule has 0 saturated heterocycles. The first-order valence-electron chi connectivity index (χ1n) is 13.0. The molecule has 4 aromatic carbocycles. The average molecular weight is 496 g/mol. The van der Waals surface area contributed by atoms with Gasteiger partial charge in [-0.1, -0.05) is 135 Å². The van der Waals surface area contributed by atoms with Crippen LogP contribution in [-0.4, -0.2) is 15.3 Å². The van der Waals surface area contributed by atoms with Crippen molar-refractivity contribution in [2.24, 2.45) is 0 Å². The summed E-state index contributed by atoms with van der Waals surface area (Å²) in [6.07, 6.45) is 2.49. The summed E-state index contributed by atoms with van der Waals surface area (Å²) in [6.45, 7) is 2.13. The van der Waals surface area contributed by atoms with Crippen LogP contribution in [0.1, 0.15) is 64.0 Å². The molecule has 0 atom stereocenters. The second-order valence-electron chi connectivity index (χ2n) is 9.28. The van der Waals surface area contributed by atoms with E-state index >= 15 is 0 Å². The highest BCUT2D eigenvalue weighted by molar-refractivity contribution is 6.09. The van der Waals surface area contributed by atoms with Gasteiger partial charge in [-0.2, -0.15) is 5.26 Å². The van der Waals surface area contributed by atoms with E-state index in [4.69, 9.17) is 4.98 Å². The van der Waals surface area contributed by atoms with Gasteiger partial charge < -0.3 is 4.57 Å². The van der Waals surface area contributed by atoms with Crippen molar-refractivity contribution < 1.29 is 4.79 Å². The van der Waals surface area contributed by atoms with Crippen LogP contribution in [0.2, 0.25) is 0 Å². The monoisotopic (exact) mass is 495 g/mol. The Labute approximate surface area is 223 Å². The smallest absolute Gasteiger partial charge is 0.214 e. The summed E-state index contributed by atoms with van der Waals surface area (Å²) in [5.74, 6) is 0.473. The molecule has 0 unspecified atom stereocenters. The quantitative estimate of drug-likeness (QED) is 0.161. The van der Waals surface area contributed by atoms with E-state index in [1.807, 2.05) is 77.4 Å². The fourth-order valence-corrected chi connectivity index (χ4v) is 5.24. The first kappa shape index (κ1) is 24.9. The molecule has 1 aromatic heterocycles. The zero-order valence-electron chi connectivity index (χ0n) is 21.4. The van der Waals surface area contributed by atoms with Crippen LogP contribution >= 0.6 is 0 Å². The highest BCUT2D eigenvalue weighted by Crippen LogP contribution is 2.43. The molecule has 0 amide bonds. The first-order valence-corrected chi connectivity index (χ1v) is 13.0. The van der Waals surface area contributed by atoms with E-state index in [0.29, 0.717) is 12.0 Å².